The maximum Gasteiger partial charge on any atom is 0.323 e. The number of aliphatic hydroxyl groups excluding tert-OH is 2. The number of alkyl halides is 2. The quantitative estimate of drug-likeness (QED) is 0.300. The summed E-state index contributed by atoms with van der Waals surface area (Å²) in [5, 5.41) is 21.8. The number of aliphatic hydroxyl groups is 2. The number of rotatable bonds is 9. The highest BCUT2D eigenvalue weighted by Gasteiger charge is 2.79. The average Bonchev–Trinajstić information content (AvgIpc) is 3.46. The predicted molar refractivity (Wildman–Crippen MR) is 166 cm³/mol. The van der Waals surface area contributed by atoms with E-state index in [1.807, 2.05) is 42.2 Å². The Bertz CT molecular complexity index is 1420. The van der Waals surface area contributed by atoms with Crippen LogP contribution in [0.15, 0.2) is 59.0 Å². The molecule has 2 N–H and O–H groups in total. The van der Waals surface area contributed by atoms with E-state index in [4.69, 9.17) is 4.74 Å². The van der Waals surface area contributed by atoms with Crippen LogP contribution in [0.3, 0.4) is 0 Å². The second kappa shape index (κ2) is 11.7. The van der Waals surface area contributed by atoms with Gasteiger partial charge < -0.3 is 14.9 Å². The topological polar surface area (TPSA) is 104 Å². The molecule has 1 saturated heterocycles. The van der Waals surface area contributed by atoms with Crippen LogP contribution in [0.5, 0.6) is 0 Å². The summed E-state index contributed by atoms with van der Waals surface area (Å²) >= 11 is 1.64. The Morgan fingerprint density at radius 3 is 2.56 bits per heavy atom. The third kappa shape index (κ3) is 4.56. The molecule has 4 fully saturated rings. The summed E-state index contributed by atoms with van der Waals surface area (Å²) in [6, 6.07) is 9.11. The van der Waals surface area contributed by atoms with Crippen LogP contribution in [0.4, 0.5) is 8.78 Å². The van der Waals surface area contributed by atoms with Crippen LogP contribution in [0, 0.1) is 34.0 Å². The maximum atomic E-state index is 17.8. The number of esters is 1. The molecule has 10 atom stereocenters. The van der Waals surface area contributed by atoms with Crippen molar-refractivity contribution >= 4 is 29.3 Å². The Labute approximate surface area is 267 Å². The second-order valence-electron chi connectivity index (χ2n) is 13.9. The van der Waals surface area contributed by atoms with Crippen molar-refractivity contribution in [2.24, 2.45) is 34.0 Å². The number of benzene rings is 1. The lowest BCUT2D eigenvalue weighted by atomic mass is 9.43. The summed E-state index contributed by atoms with van der Waals surface area (Å²) in [4.78, 5) is 43.4. The molecule has 10 heteroatoms. The molecule has 4 aliphatic carbocycles. The number of carbonyl (C=O) groups is 3. The Hall–Kier alpha value is -2.40. The number of nitrogens with zero attached hydrogens (tertiary/aromatic N) is 1. The molecule has 0 aromatic heterocycles. The van der Waals surface area contributed by atoms with Gasteiger partial charge in [0.1, 0.15) is 18.0 Å². The maximum absolute atomic E-state index is 17.8. The summed E-state index contributed by atoms with van der Waals surface area (Å²) in [5.74, 6) is -2.47. The summed E-state index contributed by atoms with van der Waals surface area (Å²) in [6.07, 6.45) is 0.533. The third-order valence-electron chi connectivity index (χ3n) is 12.2. The van der Waals surface area contributed by atoms with E-state index in [-0.39, 0.29) is 56.8 Å². The van der Waals surface area contributed by atoms with Crippen LogP contribution in [0.25, 0.3) is 0 Å². The number of likely N-dealkylation sites (tertiary alicyclic amines) is 1. The molecule has 1 heterocycles. The number of ketones is 2. The SMILES string of the molecule is CCOC(=O)C1[C@@H]2C[C@H]3[C@@H]4C[C@H](F)C5=CC(=O)C=C[C@]5(C)[C@@]4(F)[C@@H](O)C[C@]3(C)[C@]2(C(=O)CCO)CN1CCSc1ccccc1. The van der Waals surface area contributed by atoms with Gasteiger partial charge in [-0.25, -0.2) is 8.78 Å². The Kier molecular flexibility index (Phi) is 8.45. The summed E-state index contributed by atoms with van der Waals surface area (Å²) < 4.78 is 39.4. The average molecular weight is 644 g/mol. The molecule has 6 rings (SSSR count). The van der Waals surface area contributed by atoms with Gasteiger partial charge in [-0.3, -0.25) is 19.3 Å². The summed E-state index contributed by atoms with van der Waals surface area (Å²) in [6.45, 7) is 5.67. The van der Waals surface area contributed by atoms with Gasteiger partial charge in [0, 0.05) is 48.1 Å². The van der Waals surface area contributed by atoms with E-state index in [0.29, 0.717) is 12.3 Å². The van der Waals surface area contributed by atoms with Crippen molar-refractivity contribution in [3.8, 4) is 0 Å². The van der Waals surface area contributed by atoms with Crippen molar-refractivity contribution in [1.29, 1.82) is 0 Å². The number of Topliss-reactive ketones (excluding diaryl/α,β-unsaturated/α-hetero) is 1. The summed E-state index contributed by atoms with van der Waals surface area (Å²) in [7, 11) is 0. The first-order valence-electron chi connectivity index (χ1n) is 16.1. The molecule has 45 heavy (non-hydrogen) atoms. The Morgan fingerprint density at radius 1 is 1.13 bits per heavy atom. The molecule has 7 nitrogen and oxygen atoms in total. The molecule has 1 aliphatic heterocycles. The molecular formula is C35H43F2NO6S. The molecular weight excluding hydrogens is 600 g/mol. The first kappa shape index (κ1) is 32.5. The van der Waals surface area contributed by atoms with E-state index in [0.717, 1.165) is 4.90 Å². The van der Waals surface area contributed by atoms with Gasteiger partial charge in [0.2, 0.25) is 0 Å². The van der Waals surface area contributed by atoms with E-state index >= 15 is 8.78 Å². The number of ether oxygens (including phenoxy) is 1. The molecule has 5 aliphatic rings. The van der Waals surface area contributed by atoms with Gasteiger partial charge in [0.25, 0.3) is 0 Å². The largest absolute Gasteiger partial charge is 0.465 e. The van der Waals surface area contributed by atoms with Crippen molar-refractivity contribution in [1.82, 2.24) is 4.90 Å². The smallest absolute Gasteiger partial charge is 0.323 e. The van der Waals surface area contributed by atoms with Gasteiger partial charge in [0.15, 0.2) is 11.5 Å². The summed E-state index contributed by atoms with van der Waals surface area (Å²) in [5.41, 5.74) is -5.94. The number of hydrogen-bond donors (Lipinski definition) is 2. The fourth-order valence-corrected chi connectivity index (χ4v) is 11.2. The zero-order valence-electron chi connectivity index (χ0n) is 26.1. The first-order chi connectivity index (χ1) is 21.4. The van der Waals surface area contributed by atoms with Gasteiger partial charge in [-0.1, -0.05) is 31.2 Å². The van der Waals surface area contributed by atoms with Gasteiger partial charge in [0.05, 0.1) is 18.1 Å². The zero-order chi connectivity index (χ0) is 32.4. The van der Waals surface area contributed by atoms with E-state index in [1.54, 1.807) is 25.6 Å². The van der Waals surface area contributed by atoms with Crippen LogP contribution < -0.4 is 0 Å². The Morgan fingerprint density at radius 2 is 1.87 bits per heavy atom. The molecule has 1 aromatic rings. The minimum atomic E-state index is -2.28. The molecule has 0 amide bonds. The highest BCUT2D eigenvalue weighted by molar-refractivity contribution is 7.99. The molecule has 0 radical (unpaired) electrons. The van der Waals surface area contributed by atoms with Gasteiger partial charge in [-0.05, 0) is 80.2 Å². The number of halogens is 2. The molecule has 0 bridgehead atoms. The number of allylic oxidation sites excluding steroid dienone is 4. The minimum Gasteiger partial charge on any atom is -0.465 e. The number of thioether (sulfide) groups is 1. The highest BCUT2D eigenvalue weighted by atomic mass is 32.2. The van der Waals surface area contributed by atoms with E-state index < -0.39 is 69.7 Å². The van der Waals surface area contributed by atoms with Gasteiger partial charge >= 0.3 is 5.97 Å². The van der Waals surface area contributed by atoms with Crippen molar-refractivity contribution in [2.45, 2.75) is 75.3 Å². The van der Waals surface area contributed by atoms with Gasteiger partial charge in [-0.15, -0.1) is 11.8 Å². The Balaban J connectivity index is 1.41. The van der Waals surface area contributed by atoms with Gasteiger partial charge in [-0.2, -0.15) is 0 Å². The number of hydrogen-bond acceptors (Lipinski definition) is 8. The minimum absolute atomic E-state index is 0.0483. The van der Waals surface area contributed by atoms with Crippen LogP contribution in [-0.2, 0) is 19.1 Å². The molecule has 1 unspecified atom stereocenters. The highest BCUT2D eigenvalue weighted by Crippen LogP contribution is 2.75. The molecule has 1 aromatic carbocycles. The molecule has 3 saturated carbocycles. The van der Waals surface area contributed by atoms with Crippen LogP contribution in [0.1, 0.15) is 46.5 Å². The van der Waals surface area contributed by atoms with E-state index in [9.17, 15) is 24.6 Å². The fraction of sp³-hybridized carbons (Fsp3) is 0.629. The first-order valence-corrected chi connectivity index (χ1v) is 17.1. The number of carbonyl (C=O) groups excluding carboxylic acids is 3. The van der Waals surface area contributed by atoms with Crippen LogP contribution in [-0.4, -0.2) is 88.7 Å². The lowest BCUT2D eigenvalue weighted by Crippen LogP contribution is -2.69. The van der Waals surface area contributed by atoms with Crippen molar-refractivity contribution in [3.05, 3.63) is 54.1 Å². The monoisotopic (exact) mass is 643 g/mol. The fourth-order valence-electron chi connectivity index (χ4n) is 10.3. The second-order valence-corrected chi connectivity index (χ2v) is 15.1. The lowest BCUT2D eigenvalue weighted by Gasteiger charge is -2.63. The molecule has 244 valence electrons. The van der Waals surface area contributed by atoms with Crippen molar-refractivity contribution in [3.63, 3.8) is 0 Å². The molecule has 0 spiro atoms. The van der Waals surface area contributed by atoms with E-state index in [2.05, 4.69) is 0 Å². The normalized spacial score (nSPS) is 41.9. The predicted octanol–water partition coefficient (Wildman–Crippen LogP) is 4.51. The van der Waals surface area contributed by atoms with Crippen LogP contribution in [0.2, 0.25) is 0 Å². The van der Waals surface area contributed by atoms with Crippen molar-refractivity contribution in [2.75, 3.05) is 32.1 Å². The van der Waals surface area contributed by atoms with Crippen molar-refractivity contribution < 1.29 is 38.1 Å². The van der Waals surface area contributed by atoms with Crippen LogP contribution >= 0.6 is 11.8 Å². The third-order valence-corrected chi connectivity index (χ3v) is 13.2. The zero-order valence-corrected chi connectivity index (χ0v) is 26.9. The standard InChI is InChI=1S/C35H43F2NO6S/c1-4-44-31(43)30-26-17-23-24-18-27(36)25-16-21(40)10-12-32(25,2)35(24,37)29(42)19-33(23,3)34(26,28(41)11-14-39)20-38(30)13-15-45-22-8-6-5-7-9-22/h5-10,12,16,23-24,26-27,29-30,39,42H,4,11,13-15,17-20H2,1-3H3/t23-,24-,26-,27-,29-,30?,32-,33-,34+,35-/m0/s1. The lowest BCUT2D eigenvalue weighted by molar-refractivity contribution is -0.211. The number of fused-ring (bicyclic) bond motifs is 7. The van der Waals surface area contributed by atoms with E-state index in [1.165, 1.54) is 18.2 Å².